The molecule has 0 fully saturated rings. The number of benzene rings is 1. The molecule has 0 saturated heterocycles. The lowest BCUT2D eigenvalue weighted by Gasteiger charge is -2.19. The van der Waals surface area contributed by atoms with Crippen molar-refractivity contribution < 1.29 is 9.53 Å². The summed E-state index contributed by atoms with van der Waals surface area (Å²) < 4.78 is 6.60. The highest BCUT2D eigenvalue weighted by Gasteiger charge is 2.25. The first-order valence-corrected chi connectivity index (χ1v) is 10.2. The third-order valence-corrected chi connectivity index (χ3v) is 5.95. The molecule has 6 nitrogen and oxygen atoms in total. The quantitative estimate of drug-likeness (QED) is 0.632. The first-order chi connectivity index (χ1) is 13.4. The summed E-state index contributed by atoms with van der Waals surface area (Å²) in [6.07, 6.45) is 0.820. The van der Waals surface area contributed by atoms with Gasteiger partial charge in [0, 0.05) is 29.0 Å². The Bertz CT molecular complexity index is 1070. The minimum absolute atomic E-state index is 0.254. The number of ether oxygens (including phenoxy) is 1. The SMILES string of the molecule is CCC(C(N)=O)n1c(CCOC)nc2sc(C)c(-c3ccc(Cl)cc3)c2c1=O. The maximum atomic E-state index is 13.5. The lowest BCUT2D eigenvalue weighted by atomic mass is 10.0. The van der Waals surface area contributed by atoms with E-state index in [-0.39, 0.29) is 5.56 Å². The summed E-state index contributed by atoms with van der Waals surface area (Å²) in [5.41, 5.74) is 7.04. The Labute approximate surface area is 171 Å². The summed E-state index contributed by atoms with van der Waals surface area (Å²) in [5.74, 6) is -0.0432. The fourth-order valence-electron chi connectivity index (χ4n) is 3.38. The van der Waals surface area contributed by atoms with E-state index in [0.29, 0.717) is 40.5 Å². The number of hydrogen-bond acceptors (Lipinski definition) is 5. The third-order valence-electron chi connectivity index (χ3n) is 4.70. The Morgan fingerprint density at radius 2 is 2.04 bits per heavy atom. The largest absolute Gasteiger partial charge is 0.384 e. The predicted molar refractivity (Wildman–Crippen MR) is 113 cm³/mol. The number of hydrogen-bond donors (Lipinski definition) is 1. The minimum Gasteiger partial charge on any atom is -0.384 e. The molecule has 148 valence electrons. The van der Waals surface area contributed by atoms with Gasteiger partial charge in [0.25, 0.3) is 5.56 Å². The van der Waals surface area contributed by atoms with Crippen LogP contribution >= 0.6 is 22.9 Å². The first-order valence-electron chi connectivity index (χ1n) is 8.97. The van der Waals surface area contributed by atoms with Gasteiger partial charge in [-0.25, -0.2) is 4.98 Å². The van der Waals surface area contributed by atoms with Crippen LogP contribution in [0.1, 0.15) is 30.1 Å². The zero-order valence-corrected chi connectivity index (χ0v) is 17.6. The van der Waals surface area contributed by atoms with Crippen molar-refractivity contribution in [1.29, 1.82) is 0 Å². The average molecular weight is 420 g/mol. The van der Waals surface area contributed by atoms with Gasteiger partial charge in [-0.2, -0.15) is 0 Å². The van der Waals surface area contributed by atoms with Gasteiger partial charge in [0.05, 0.1) is 12.0 Å². The number of aryl methyl sites for hydroxylation is 1. The van der Waals surface area contributed by atoms with Crippen molar-refractivity contribution >= 4 is 39.1 Å². The van der Waals surface area contributed by atoms with E-state index in [1.54, 1.807) is 19.2 Å². The number of aromatic nitrogens is 2. The van der Waals surface area contributed by atoms with Crippen LogP contribution in [0.25, 0.3) is 21.3 Å². The highest BCUT2D eigenvalue weighted by molar-refractivity contribution is 7.19. The van der Waals surface area contributed by atoms with Gasteiger partial charge in [-0.3, -0.25) is 14.2 Å². The Kier molecular flexibility index (Phi) is 6.17. The van der Waals surface area contributed by atoms with Crippen molar-refractivity contribution in [1.82, 2.24) is 9.55 Å². The molecule has 28 heavy (non-hydrogen) atoms. The van der Waals surface area contributed by atoms with E-state index in [1.807, 2.05) is 26.0 Å². The zero-order valence-electron chi connectivity index (χ0n) is 16.0. The van der Waals surface area contributed by atoms with Gasteiger partial charge in [-0.15, -0.1) is 11.3 Å². The van der Waals surface area contributed by atoms with Crippen LogP contribution in [-0.4, -0.2) is 29.2 Å². The van der Waals surface area contributed by atoms with Crippen molar-refractivity contribution in [2.45, 2.75) is 32.7 Å². The topological polar surface area (TPSA) is 87.2 Å². The summed E-state index contributed by atoms with van der Waals surface area (Å²) in [6, 6.07) is 6.58. The van der Waals surface area contributed by atoms with Crippen molar-refractivity contribution in [3.05, 3.63) is 50.3 Å². The fraction of sp³-hybridized carbons (Fsp3) is 0.350. The van der Waals surface area contributed by atoms with E-state index < -0.39 is 11.9 Å². The second-order valence-corrected chi connectivity index (χ2v) is 8.13. The first kappa shape index (κ1) is 20.5. The second kappa shape index (κ2) is 8.43. The number of primary amides is 1. The van der Waals surface area contributed by atoms with Crippen LogP contribution in [-0.2, 0) is 16.0 Å². The highest BCUT2D eigenvalue weighted by atomic mass is 35.5. The molecule has 3 rings (SSSR count). The molecule has 0 aliphatic rings. The van der Waals surface area contributed by atoms with Crippen LogP contribution in [0.4, 0.5) is 0 Å². The molecule has 1 unspecified atom stereocenters. The Hall–Kier alpha value is -2.22. The Morgan fingerprint density at radius 3 is 2.61 bits per heavy atom. The average Bonchev–Trinajstić information content (AvgIpc) is 2.99. The zero-order chi connectivity index (χ0) is 20.4. The van der Waals surface area contributed by atoms with Crippen LogP contribution in [0, 0.1) is 6.92 Å². The Balaban J connectivity index is 2.34. The summed E-state index contributed by atoms with van der Waals surface area (Å²) in [7, 11) is 1.58. The molecule has 0 saturated carbocycles. The van der Waals surface area contributed by atoms with Crippen molar-refractivity contribution in [2.75, 3.05) is 13.7 Å². The number of fused-ring (bicyclic) bond motifs is 1. The van der Waals surface area contributed by atoms with Gasteiger partial charge in [0.15, 0.2) is 0 Å². The van der Waals surface area contributed by atoms with Crippen LogP contribution < -0.4 is 11.3 Å². The van der Waals surface area contributed by atoms with E-state index in [4.69, 9.17) is 27.1 Å². The lowest BCUT2D eigenvalue weighted by molar-refractivity contribution is -0.121. The van der Waals surface area contributed by atoms with Crippen LogP contribution in [0.5, 0.6) is 0 Å². The normalized spacial score (nSPS) is 12.4. The van der Waals surface area contributed by atoms with Crippen molar-refractivity contribution in [3.63, 3.8) is 0 Å². The summed E-state index contributed by atoms with van der Waals surface area (Å²) in [5, 5.41) is 1.13. The standard InChI is InChI=1S/C20H22ClN3O3S/c1-4-14(18(22)25)24-15(9-10-27-3)23-19-17(20(24)26)16(11(2)28-19)12-5-7-13(21)8-6-12/h5-8,14H,4,9-10H2,1-3H3,(H2,22,25). The lowest BCUT2D eigenvalue weighted by Crippen LogP contribution is -2.36. The van der Waals surface area contributed by atoms with Crippen molar-refractivity contribution in [2.24, 2.45) is 5.73 Å². The summed E-state index contributed by atoms with van der Waals surface area (Å²) in [4.78, 5) is 31.9. The van der Waals surface area contributed by atoms with Gasteiger partial charge in [0.1, 0.15) is 16.7 Å². The molecule has 1 aromatic carbocycles. The molecule has 3 aromatic rings. The smallest absolute Gasteiger partial charge is 0.263 e. The predicted octanol–water partition coefficient (Wildman–Crippen LogP) is 3.71. The Morgan fingerprint density at radius 1 is 1.36 bits per heavy atom. The number of carbonyl (C=O) groups excluding carboxylic acids is 1. The van der Waals surface area contributed by atoms with Crippen LogP contribution in [0.2, 0.25) is 5.02 Å². The van der Waals surface area contributed by atoms with E-state index in [9.17, 15) is 9.59 Å². The molecule has 8 heteroatoms. The van der Waals surface area contributed by atoms with E-state index in [2.05, 4.69) is 0 Å². The molecule has 2 aromatic heterocycles. The number of thiophene rings is 1. The molecule has 2 N–H and O–H groups in total. The van der Waals surface area contributed by atoms with Crippen LogP contribution in [0.15, 0.2) is 29.1 Å². The molecule has 1 amide bonds. The van der Waals surface area contributed by atoms with Gasteiger partial charge in [0.2, 0.25) is 5.91 Å². The second-order valence-electron chi connectivity index (χ2n) is 6.49. The number of rotatable bonds is 7. The molecule has 0 bridgehead atoms. The molecular formula is C20H22ClN3O3S. The number of nitrogens with zero attached hydrogens (tertiary/aromatic N) is 2. The molecule has 0 spiro atoms. The number of halogens is 1. The maximum absolute atomic E-state index is 13.5. The molecule has 1 atom stereocenters. The molecule has 0 aliphatic heterocycles. The van der Waals surface area contributed by atoms with Gasteiger partial charge < -0.3 is 10.5 Å². The number of carbonyl (C=O) groups is 1. The number of nitrogens with two attached hydrogens (primary N) is 1. The number of methoxy groups -OCH3 is 1. The van der Waals surface area contributed by atoms with E-state index in [1.165, 1.54) is 15.9 Å². The van der Waals surface area contributed by atoms with Crippen LogP contribution in [0.3, 0.4) is 0 Å². The maximum Gasteiger partial charge on any atom is 0.263 e. The number of amides is 1. The molecule has 2 heterocycles. The molecule has 0 aliphatic carbocycles. The highest BCUT2D eigenvalue weighted by Crippen LogP contribution is 2.36. The molecule has 0 radical (unpaired) electrons. The summed E-state index contributed by atoms with van der Waals surface area (Å²) >= 11 is 7.47. The van der Waals surface area contributed by atoms with E-state index >= 15 is 0 Å². The minimum atomic E-state index is -0.755. The third kappa shape index (κ3) is 3.70. The van der Waals surface area contributed by atoms with Crippen molar-refractivity contribution in [3.8, 4) is 11.1 Å². The van der Waals surface area contributed by atoms with Gasteiger partial charge in [-0.1, -0.05) is 30.7 Å². The van der Waals surface area contributed by atoms with Gasteiger partial charge in [-0.05, 0) is 31.0 Å². The van der Waals surface area contributed by atoms with Gasteiger partial charge >= 0.3 is 0 Å². The summed E-state index contributed by atoms with van der Waals surface area (Å²) in [6.45, 7) is 4.17. The molecular weight excluding hydrogens is 398 g/mol. The monoisotopic (exact) mass is 419 g/mol. The fourth-order valence-corrected chi connectivity index (χ4v) is 4.56. The van der Waals surface area contributed by atoms with E-state index in [0.717, 1.165) is 16.0 Å².